The first-order valence-corrected chi connectivity index (χ1v) is 4.88. The molecule has 0 radical (unpaired) electrons. The maximum absolute atomic E-state index is 2.30. The molecule has 1 aliphatic rings. The van der Waals surface area contributed by atoms with Gasteiger partial charge >= 0.3 is 78.3 Å². The second-order valence-corrected chi connectivity index (χ2v) is 4.39. The molecule has 1 aliphatic carbocycles. The maximum Gasteiger partial charge on any atom is -1.00 e. The molecule has 0 heterocycles. The molecule has 10 heavy (non-hydrogen) atoms. The molecule has 57 valence electrons. The summed E-state index contributed by atoms with van der Waals surface area (Å²) in [5.74, 6) is 0.734. The van der Waals surface area contributed by atoms with Crippen molar-refractivity contribution in [1.29, 1.82) is 0 Å². The smallest absolute Gasteiger partial charge is 1.00 e. The topological polar surface area (TPSA) is 0 Å². The third-order valence-corrected chi connectivity index (χ3v) is 4.63. The first kappa shape index (κ1) is 8.46. The van der Waals surface area contributed by atoms with Crippen LogP contribution in [0, 0.1) is 5.92 Å². The molecule has 0 aromatic carbocycles. The fraction of sp³-hybridized carbons (Fsp3) is 0.556. The van der Waals surface area contributed by atoms with Gasteiger partial charge in [0.25, 0.3) is 0 Å². The van der Waals surface area contributed by atoms with E-state index < -0.39 is 0 Å². The molecule has 0 bridgehead atoms. The van der Waals surface area contributed by atoms with E-state index in [0.29, 0.717) is 0 Å². The summed E-state index contributed by atoms with van der Waals surface area (Å²) >= 11 is 1.59. The van der Waals surface area contributed by atoms with Crippen LogP contribution in [-0.4, -0.2) is 0 Å². The molecule has 1 atom stereocenters. The Morgan fingerprint density at radius 2 is 1.70 bits per heavy atom. The van der Waals surface area contributed by atoms with Crippen molar-refractivity contribution in [2.75, 3.05) is 0 Å². The first-order valence-electron chi connectivity index (χ1n) is 3.65. The number of hydrogen-bond acceptors (Lipinski definition) is 0. The van der Waals surface area contributed by atoms with E-state index >= 15 is 0 Å². The minimum atomic E-state index is 0. The van der Waals surface area contributed by atoms with E-state index in [0.717, 1.165) is 5.92 Å². The molecule has 1 heteroatoms. The molecule has 0 aliphatic heterocycles. The van der Waals surface area contributed by atoms with Crippen LogP contribution < -0.4 is 0 Å². The van der Waals surface area contributed by atoms with Crippen LogP contribution in [0.25, 0.3) is 0 Å². The van der Waals surface area contributed by atoms with E-state index in [4.69, 9.17) is 0 Å². The Labute approximate surface area is 81.2 Å². The van der Waals surface area contributed by atoms with Crippen molar-refractivity contribution in [2.24, 2.45) is 5.92 Å². The predicted octanol–water partition coefficient (Wildman–Crippen LogP) is 3.02. The average molecular weight is 214 g/mol. The zero-order valence-corrected chi connectivity index (χ0v) is 9.54. The second-order valence-electron chi connectivity index (χ2n) is 3.07. The van der Waals surface area contributed by atoms with Crippen LogP contribution in [0.5, 0.6) is 0 Å². The Morgan fingerprint density at radius 1 is 1.20 bits per heavy atom. The summed E-state index contributed by atoms with van der Waals surface area (Å²) in [6.45, 7) is 9.03. The number of hydrogen-bond donors (Lipinski definition) is 0. The molecule has 0 N–H and O–H groups in total. The van der Waals surface area contributed by atoms with Crippen LogP contribution in [0.4, 0.5) is 0 Å². The van der Waals surface area contributed by atoms with Crippen LogP contribution in [0.2, 0.25) is 0 Å². The summed E-state index contributed by atoms with van der Waals surface area (Å²) in [6.07, 6.45) is 0. The molecule has 0 spiro atoms. The van der Waals surface area contributed by atoms with Crippen LogP contribution in [0.15, 0.2) is 20.0 Å². The molecule has 0 aromatic heterocycles. The van der Waals surface area contributed by atoms with Crippen LogP contribution in [0.1, 0.15) is 30.5 Å². The normalized spacial score (nSPS) is 26.5. The summed E-state index contributed by atoms with van der Waals surface area (Å²) in [5, 5.41) is 0. The molecule has 0 aromatic rings. The maximum atomic E-state index is 2.30. The fourth-order valence-electron chi connectivity index (χ4n) is 1.36. The van der Waals surface area contributed by atoms with Gasteiger partial charge in [0.05, 0.1) is 0 Å². The van der Waals surface area contributed by atoms with Crippen LogP contribution in [0.3, 0.4) is 0 Å². The van der Waals surface area contributed by atoms with Crippen molar-refractivity contribution in [3.05, 3.63) is 20.0 Å². The van der Waals surface area contributed by atoms with Crippen LogP contribution >= 0.6 is 0 Å². The van der Waals surface area contributed by atoms with Crippen molar-refractivity contribution >= 4 is 0 Å². The van der Waals surface area contributed by atoms with E-state index in [2.05, 4.69) is 27.7 Å². The minimum absolute atomic E-state index is 0. The van der Waals surface area contributed by atoms with Crippen molar-refractivity contribution in [3.8, 4) is 0 Å². The van der Waals surface area contributed by atoms with Gasteiger partial charge in [-0.05, 0) is 0 Å². The SMILES string of the molecule is CC1=C(C)C(C)[C]([Zr])=C1C.[H-].[H-]. The van der Waals surface area contributed by atoms with Gasteiger partial charge in [-0.25, -0.2) is 0 Å². The third-order valence-electron chi connectivity index (χ3n) is 2.64. The van der Waals surface area contributed by atoms with E-state index in [1.807, 2.05) is 0 Å². The molecule has 0 nitrogen and oxygen atoms in total. The van der Waals surface area contributed by atoms with Gasteiger partial charge in [-0.1, -0.05) is 0 Å². The molecular formula is C9H15Zr-2. The Bertz CT molecular complexity index is 205. The minimum Gasteiger partial charge on any atom is -1.00 e. The van der Waals surface area contributed by atoms with E-state index in [9.17, 15) is 0 Å². The zero-order chi connectivity index (χ0) is 7.89. The van der Waals surface area contributed by atoms with Crippen molar-refractivity contribution in [1.82, 2.24) is 0 Å². The zero-order valence-electron chi connectivity index (χ0n) is 9.08. The monoisotopic (exact) mass is 213 g/mol. The van der Waals surface area contributed by atoms with Crippen molar-refractivity contribution < 1.29 is 27.6 Å². The molecule has 0 amide bonds. The Kier molecular flexibility index (Phi) is 2.35. The van der Waals surface area contributed by atoms with Gasteiger partial charge in [0.1, 0.15) is 0 Å². The molecule has 0 saturated carbocycles. The summed E-state index contributed by atoms with van der Waals surface area (Å²) in [6, 6.07) is 0. The Hall–Kier alpha value is 0.363. The van der Waals surface area contributed by atoms with Gasteiger partial charge < -0.3 is 2.85 Å². The fourth-order valence-corrected chi connectivity index (χ4v) is 2.36. The second kappa shape index (κ2) is 2.77. The Morgan fingerprint density at radius 3 is 1.80 bits per heavy atom. The predicted molar refractivity (Wildman–Crippen MR) is 42.5 cm³/mol. The largest absolute Gasteiger partial charge is 1.00 e. The summed E-state index contributed by atoms with van der Waals surface area (Å²) < 4.78 is 1.64. The number of allylic oxidation sites excluding steroid dienone is 4. The third kappa shape index (κ3) is 1.09. The van der Waals surface area contributed by atoms with E-state index in [1.165, 1.54) is 5.57 Å². The van der Waals surface area contributed by atoms with Crippen LogP contribution in [-0.2, 0) is 24.7 Å². The van der Waals surface area contributed by atoms with Gasteiger partial charge in [-0.15, -0.1) is 0 Å². The standard InChI is InChI=1S/C9H13.Zr.2H/c1-6-5-7(2)9(4)8(6)3;;;/h6H,1-4H3;;;/q;;2*-1. The summed E-state index contributed by atoms with van der Waals surface area (Å²) in [4.78, 5) is 0. The number of rotatable bonds is 0. The van der Waals surface area contributed by atoms with Crippen molar-refractivity contribution in [2.45, 2.75) is 27.7 Å². The molecule has 1 unspecified atom stereocenters. The summed E-state index contributed by atoms with van der Waals surface area (Å²) in [5.41, 5.74) is 4.65. The van der Waals surface area contributed by atoms with Gasteiger partial charge in [-0.2, -0.15) is 0 Å². The van der Waals surface area contributed by atoms with Gasteiger partial charge in [0.15, 0.2) is 0 Å². The quantitative estimate of drug-likeness (QED) is 0.581. The van der Waals surface area contributed by atoms with Crippen molar-refractivity contribution in [3.63, 3.8) is 0 Å². The average Bonchev–Trinajstić information content (AvgIpc) is 2.07. The summed E-state index contributed by atoms with van der Waals surface area (Å²) in [7, 11) is 0. The first-order chi connectivity index (χ1) is 4.55. The molecule has 0 fully saturated rings. The van der Waals surface area contributed by atoms with E-state index in [-0.39, 0.29) is 2.85 Å². The van der Waals surface area contributed by atoms with Gasteiger partial charge in [-0.3, -0.25) is 0 Å². The Balaban J connectivity index is 0. The van der Waals surface area contributed by atoms with Gasteiger partial charge in [0.2, 0.25) is 0 Å². The molecule has 1 rings (SSSR count). The molecule has 0 saturated heterocycles. The molecular weight excluding hydrogens is 199 g/mol. The van der Waals surface area contributed by atoms with E-state index in [1.54, 1.807) is 39.1 Å². The van der Waals surface area contributed by atoms with Gasteiger partial charge in [0, 0.05) is 0 Å².